The maximum atomic E-state index is 10.7. The van der Waals surface area contributed by atoms with Gasteiger partial charge in [0.2, 0.25) is 0 Å². The fourth-order valence-electron chi connectivity index (χ4n) is 0.833. The van der Waals surface area contributed by atoms with Crippen LogP contribution in [0.2, 0.25) is 0 Å². The number of rotatable bonds is 2. The summed E-state index contributed by atoms with van der Waals surface area (Å²) in [5.41, 5.74) is 1.00. The van der Waals surface area contributed by atoms with E-state index < -0.39 is 0 Å². The average Bonchev–Trinajstić information content (AvgIpc) is 2.06. The van der Waals surface area contributed by atoms with E-state index in [4.69, 9.17) is 0 Å². The van der Waals surface area contributed by atoms with E-state index in [-0.39, 0.29) is 5.24 Å². The maximum absolute atomic E-state index is 10.7. The summed E-state index contributed by atoms with van der Waals surface area (Å²) >= 11 is 3.69. The second-order valence-corrected chi connectivity index (χ2v) is 2.88. The predicted molar refractivity (Wildman–Crippen MR) is 50.1 cm³/mol. The first-order valence-corrected chi connectivity index (χ1v) is 3.98. The quantitative estimate of drug-likeness (QED) is 0.704. The number of nitrogens with zero attached hydrogens (tertiary/aromatic N) is 2. The zero-order valence-electron chi connectivity index (χ0n) is 6.77. The Morgan fingerprint density at radius 1 is 1.75 bits per heavy atom. The first-order valence-electron chi connectivity index (χ1n) is 3.53. The number of hydrogen-bond acceptors (Lipinski definition) is 2. The molecular weight excluding hydrogens is 172 g/mol. The average molecular weight is 182 g/mol. The number of thiol groups is 1. The van der Waals surface area contributed by atoms with E-state index >= 15 is 0 Å². The van der Waals surface area contributed by atoms with Crippen LogP contribution in [-0.2, 0) is 6.54 Å². The third-order valence-corrected chi connectivity index (χ3v) is 1.81. The van der Waals surface area contributed by atoms with Crippen molar-refractivity contribution in [3.05, 3.63) is 30.1 Å². The van der Waals surface area contributed by atoms with Crippen molar-refractivity contribution >= 4 is 17.9 Å². The Hall–Kier alpha value is -1.03. The molecule has 1 aromatic rings. The standard InChI is InChI=1S/C8H10N2OS/c1-10(8(11)12)6-7-3-2-4-9-5-7/h2-5H,6H2,1H3,(H,11,12). The molecule has 3 nitrogen and oxygen atoms in total. The fraction of sp³-hybridized carbons (Fsp3) is 0.250. The molecule has 0 N–H and O–H groups in total. The summed E-state index contributed by atoms with van der Waals surface area (Å²) in [4.78, 5) is 16.2. The monoisotopic (exact) mass is 182 g/mol. The lowest BCUT2D eigenvalue weighted by molar-refractivity contribution is 0.232. The van der Waals surface area contributed by atoms with Crippen molar-refractivity contribution in [1.29, 1.82) is 0 Å². The van der Waals surface area contributed by atoms with Crippen molar-refractivity contribution in [2.45, 2.75) is 6.54 Å². The number of carbonyl (C=O) groups excluding carboxylic acids is 1. The van der Waals surface area contributed by atoms with Crippen molar-refractivity contribution in [2.24, 2.45) is 0 Å². The Balaban J connectivity index is 2.58. The molecule has 1 aromatic heterocycles. The minimum absolute atomic E-state index is 0.237. The maximum Gasteiger partial charge on any atom is 0.278 e. The molecule has 64 valence electrons. The topological polar surface area (TPSA) is 33.2 Å². The third kappa shape index (κ3) is 2.54. The van der Waals surface area contributed by atoms with Crippen LogP contribution in [0.5, 0.6) is 0 Å². The molecule has 1 rings (SSSR count). The summed E-state index contributed by atoms with van der Waals surface area (Å²) in [5.74, 6) is 0. The Kier molecular flexibility index (Phi) is 3.10. The van der Waals surface area contributed by atoms with Gasteiger partial charge in [-0.15, -0.1) is 0 Å². The van der Waals surface area contributed by atoms with E-state index in [2.05, 4.69) is 17.6 Å². The van der Waals surface area contributed by atoms with Crippen LogP contribution < -0.4 is 0 Å². The molecule has 0 aromatic carbocycles. The minimum atomic E-state index is -0.237. The van der Waals surface area contributed by atoms with Crippen molar-refractivity contribution in [3.63, 3.8) is 0 Å². The molecule has 0 radical (unpaired) electrons. The molecule has 4 heteroatoms. The first-order chi connectivity index (χ1) is 5.70. The summed E-state index contributed by atoms with van der Waals surface area (Å²) in [6.07, 6.45) is 3.43. The van der Waals surface area contributed by atoms with Crippen LogP contribution in [0, 0.1) is 0 Å². The fourth-order valence-corrected chi connectivity index (χ4v) is 0.904. The van der Waals surface area contributed by atoms with Gasteiger partial charge in [0.15, 0.2) is 0 Å². The summed E-state index contributed by atoms with van der Waals surface area (Å²) in [5, 5.41) is -0.237. The Morgan fingerprint density at radius 3 is 3.00 bits per heavy atom. The van der Waals surface area contributed by atoms with Crippen LogP contribution >= 0.6 is 12.6 Å². The molecule has 0 spiro atoms. The molecule has 0 aliphatic carbocycles. The highest BCUT2D eigenvalue weighted by molar-refractivity contribution is 7.96. The number of aromatic nitrogens is 1. The zero-order chi connectivity index (χ0) is 8.97. The van der Waals surface area contributed by atoms with Crippen molar-refractivity contribution < 1.29 is 4.79 Å². The summed E-state index contributed by atoms with van der Waals surface area (Å²) in [6, 6.07) is 3.76. The minimum Gasteiger partial charge on any atom is -0.332 e. The molecule has 1 amide bonds. The number of pyridine rings is 1. The van der Waals surface area contributed by atoms with E-state index in [1.54, 1.807) is 19.4 Å². The molecule has 1 heterocycles. The molecule has 0 saturated heterocycles. The second kappa shape index (κ2) is 4.11. The van der Waals surface area contributed by atoms with E-state index in [9.17, 15) is 4.79 Å². The Morgan fingerprint density at radius 2 is 2.50 bits per heavy atom. The lowest BCUT2D eigenvalue weighted by Gasteiger charge is -2.12. The zero-order valence-corrected chi connectivity index (χ0v) is 7.66. The van der Waals surface area contributed by atoms with Crippen LogP contribution in [0.1, 0.15) is 5.56 Å². The van der Waals surface area contributed by atoms with Crippen molar-refractivity contribution in [1.82, 2.24) is 9.88 Å². The van der Waals surface area contributed by atoms with E-state index in [0.29, 0.717) is 6.54 Å². The Bertz CT molecular complexity index is 263. The van der Waals surface area contributed by atoms with Crippen LogP contribution in [0.15, 0.2) is 24.5 Å². The van der Waals surface area contributed by atoms with Gasteiger partial charge in [-0.05, 0) is 11.6 Å². The number of amides is 1. The highest BCUT2D eigenvalue weighted by Crippen LogP contribution is 2.02. The summed E-state index contributed by atoms with van der Waals surface area (Å²) in [6.45, 7) is 0.552. The molecule has 12 heavy (non-hydrogen) atoms. The van der Waals surface area contributed by atoms with Gasteiger partial charge in [-0.1, -0.05) is 18.7 Å². The van der Waals surface area contributed by atoms with Crippen molar-refractivity contribution in [3.8, 4) is 0 Å². The smallest absolute Gasteiger partial charge is 0.278 e. The predicted octanol–water partition coefficient (Wildman–Crippen LogP) is 1.56. The number of hydrogen-bond donors (Lipinski definition) is 1. The third-order valence-electron chi connectivity index (χ3n) is 1.47. The van der Waals surface area contributed by atoms with E-state index in [1.807, 2.05) is 12.1 Å². The Labute approximate surface area is 76.8 Å². The van der Waals surface area contributed by atoms with Gasteiger partial charge >= 0.3 is 0 Å². The molecule has 0 saturated carbocycles. The van der Waals surface area contributed by atoms with E-state index in [0.717, 1.165) is 5.56 Å². The van der Waals surface area contributed by atoms with Gasteiger partial charge < -0.3 is 4.90 Å². The first kappa shape index (κ1) is 9.06. The van der Waals surface area contributed by atoms with Gasteiger partial charge in [0, 0.05) is 26.0 Å². The van der Waals surface area contributed by atoms with Gasteiger partial charge in [0.25, 0.3) is 5.24 Å². The molecule has 0 atom stereocenters. The number of carbonyl (C=O) groups is 1. The normalized spacial score (nSPS) is 9.50. The van der Waals surface area contributed by atoms with Crippen LogP contribution in [0.25, 0.3) is 0 Å². The SMILES string of the molecule is CN(Cc1cccnc1)C(=O)S. The van der Waals surface area contributed by atoms with Gasteiger partial charge in [0.05, 0.1) is 0 Å². The summed E-state index contributed by atoms with van der Waals surface area (Å²) < 4.78 is 0. The molecule has 0 bridgehead atoms. The molecule has 0 fully saturated rings. The van der Waals surface area contributed by atoms with Crippen LogP contribution in [-0.4, -0.2) is 22.2 Å². The van der Waals surface area contributed by atoms with Gasteiger partial charge in [0.1, 0.15) is 0 Å². The van der Waals surface area contributed by atoms with Crippen LogP contribution in [0.4, 0.5) is 4.79 Å². The van der Waals surface area contributed by atoms with Gasteiger partial charge in [-0.2, -0.15) is 0 Å². The molecule has 0 aliphatic heterocycles. The molecule has 0 unspecified atom stereocenters. The van der Waals surface area contributed by atoms with Crippen LogP contribution in [0.3, 0.4) is 0 Å². The molecule has 0 aliphatic rings. The second-order valence-electron chi connectivity index (χ2n) is 2.50. The lowest BCUT2D eigenvalue weighted by atomic mass is 10.3. The molecular formula is C8H10N2OS. The lowest BCUT2D eigenvalue weighted by Crippen LogP contribution is -2.20. The van der Waals surface area contributed by atoms with Crippen molar-refractivity contribution in [2.75, 3.05) is 7.05 Å². The van der Waals surface area contributed by atoms with Gasteiger partial charge in [-0.25, -0.2) is 0 Å². The van der Waals surface area contributed by atoms with E-state index in [1.165, 1.54) is 4.90 Å². The highest BCUT2D eigenvalue weighted by atomic mass is 32.1. The summed E-state index contributed by atoms with van der Waals surface area (Å²) in [7, 11) is 1.70. The van der Waals surface area contributed by atoms with Gasteiger partial charge in [-0.3, -0.25) is 9.78 Å². The largest absolute Gasteiger partial charge is 0.332 e. The highest BCUT2D eigenvalue weighted by Gasteiger charge is 2.02.